The van der Waals surface area contributed by atoms with Gasteiger partial charge in [0.05, 0.1) is 0 Å². The molecule has 7 heteroatoms. The van der Waals surface area contributed by atoms with Gasteiger partial charge in [-0.05, 0) is 45.8 Å². The summed E-state index contributed by atoms with van der Waals surface area (Å²) in [4.78, 5) is 37.7. The van der Waals surface area contributed by atoms with Crippen LogP contribution in [0.25, 0.3) is 0 Å². The van der Waals surface area contributed by atoms with Crippen molar-refractivity contribution in [3.8, 4) is 0 Å². The number of likely N-dealkylation sites (tertiary alicyclic amines) is 1. The van der Waals surface area contributed by atoms with Crippen LogP contribution in [0.4, 0.5) is 4.79 Å². The van der Waals surface area contributed by atoms with Crippen LogP contribution in [-0.2, 0) is 9.59 Å². The minimum absolute atomic E-state index is 0.0523. The van der Waals surface area contributed by atoms with E-state index < -0.39 is 5.97 Å². The van der Waals surface area contributed by atoms with E-state index >= 15 is 0 Å². The number of amides is 3. The lowest BCUT2D eigenvalue weighted by Gasteiger charge is -2.34. The van der Waals surface area contributed by atoms with E-state index in [1.807, 2.05) is 0 Å². The molecular weight excluding hydrogens is 274 g/mol. The first-order valence-electron chi connectivity index (χ1n) is 7.37. The van der Waals surface area contributed by atoms with Crippen molar-refractivity contribution in [1.29, 1.82) is 0 Å². The number of piperidine rings is 1. The van der Waals surface area contributed by atoms with Crippen LogP contribution >= 0.6 is 0 Å². The normalized spacial score (nSPS) is 16.5. The summed E-state index contributed by atoms with van der Waals surface area (Å²) in [6, 6.07) is -0.200. The number of aliphatic carboxylic acids is 1. The molecule has 120 valence electrons. The molecule has 1 rings (SSSR count). The van der Waals surface area contributed by atoms with Gasteiger partial charge in [-0.1, -0.05) is 0 Å². The zero-order chi connectivity index (χ0) is 15.8. The molecule has 1 fully saturated rings. The number of hydrogen-bond acceptors (Lipinski definition) is 4. The summed E-state index contributed by atoms with van der Waals surface area (Å²) in [6.45, 7) is 1.90. The van der Waals surface area contributed by atoms with Gasteiger partial charge in [-0.2, -0.15) is 0 Å². The van der Waals surface area contributed by atoms with E-state index in [0.717, 1.165) is 25.9 Å². The number of nitrogens with zero attached hydrogens (tertiary/aromatic N) is 2. The van der Waals surface area contributed by atoms with Crippen LogP contribution in [0.2, 0.25) is 0 Å². The topological polar surface area (TPSA) is 90.0 Å². The van der Waals surface area contributed by atoms with Crippen molar-refractivity contribution < 1.29 is 19.5 Å². The highest BCUT2D eigenvalue weighted by Gasteiger charge is 2.24. The highest BCUT2D eigenvalue weighted by molar-refractivity contribution is 5.94. The number of carbonyl (C=O) groups excluding carboxylic acids is 2. The highest BCUT2D eigenvalue weighted by atomic mass is 16.4. The number of unbranched alkanes of at least 4 members (excludes halogenated alkanes) is 1. The fraction of sp³-hybridized carbons (Fsp3) is 0.786. The molecule has 0 atom stereocenters. The molecule has 1 saturated heterocycles. The molecule has 0 aromatic carbocycles. The molecule has 0 radical (unpaired) electrons. The lowest BCUT2D eigenvalue weighted by atomic mass is 10.0. The summed E-state index contributed by atoms with van der Waals surface area (Å²) >= 11 is 0. The van der Waals surface area contributed by atoms with E-state index in [9.17, 15) is 14.4 Å². The maximum atomic E-state index is 12.0. The van der Waals surface area contributed by atoms with Gasteiger partial charge in [0.2, 0.25) is 5.91 Å². The van der Waals surface area contributed by atoms with Crippen LogP contribution in [0.15, 0.2) is 0 Å². The minimum Gasteiger partial charge on any atom is -0.481 e. The van der Waals surface area contributed by atoms with Gasteiger partial charge in [0.15, 0.2) is 0 Å². The first-order valence-corrected chi connectivity index (χ1v) is 7.37. The predicted molar refractivity (Wildman–Crippen MR) is 77.9 cm³/mol. The van der Waals surface area contributed by atoms with Crippen molar-refractivity contribution in [2.75, 3.05) is 27.2 Å². The summed E-state index contributed by atoms with van der Waals surface area (Å²) in [5.74, 6) is -1.21. The minimum atomic E-state index is -0.867. The van der Waals surface area contributed by atoms with Gasteiger partial charge >= 0.3 is 12.0 Å². The standard InChI is InChI=1S/C14H25N3O4/c1-16-9-7-11(8-10-16)17(2)14(21)15-12(18)5-3-4-6-13(19)20/h11H,3-10H2,1-2H3,(H,19,20)(H,15,18,21). The second-order valence-corrected chi connectivity index (χ2v) is 5.60. The molecule has 2 N–H and O–H groups in total. The van der Waals surface area contributed by atoms with Crippen LogP contribution in [0.1, 0.15) is 38.5 Å². The first-order chi connectivity index (χ1) is 9.90. The van der Waals surface area contributed by atoms with E-state index in [2.05, 4.69) is 17.3 Å². The number of carboxylic acid groups (broad SMARTS) is 1. The third-order valence-electron chi connectivity index (χ3n) is 3.85. The summed E-state index contributed by atoms with van der Waals surface area (Å²) in [5, 5.41) is 10.9. The second-order valence-electron chi connectivity index (χ2n) is 5.60. The average Bonchev–Trinajstić information content (AvgIpc) is 2.43. The number of carboxylic acids is 1. The van der Waals surface area contributed by atoms with Gasteiger partial charge in [0.25, 0.3) is 0 Å². The number of nitrogens with one attached hydrogen (secondary N) is 1. The average molecular weight is 299 g/mol. The second kappa shape index (κ2) is 8.61. The summed E-state index contributed by atoms with van der Waals surface area (Å²) in [5.41, 5.74) is 0. The summed E-state index contributed by atoms with van der Waals surface area (Å²) < 4.78 is 0. The Labute approximate surface area is 125 Å². The molecule has 3 amide bonds. The summed E-state index contributed by atoms with van der Waals surface area (Å²) in [6.07, 6.45) is 2.97. The van der Waals surface area contributed by atoms with Crippen molar-refractivity contribution in [3.63, 3.8) is 0 Å². The quantitative estimate of drug-likeness (QED) is 0.711. The third-order valence-corrected chi connectivity index (χ3v) is 3.85. The molecule has 21 heavy (non-hydrogen) atoms. The van der Waals surface area contributed by atoms with Gasteiger partial charge in [-0.25, -0.2) is 4.79 Å². The third kappa shape index (κ3) is 6.57. The molecule has 1 aliphatic heterocycles. The van der Waals surface area contributed by atoms with Crippen LogP contribution < -0.4 is 5.32 Å². The largest absolute Gasteiger partial charge is 0.481 e. The molecule has 0 unspecified atom stereocenters. The molecular formula is C14H25N3O4. The number of urea groups is 1. The Balaban J connectivity index is 2.25. The van der Waals surface area contributed by atoms with Gasteiger partial charge in [-0.15, -0.1) is 0 Å². The van der Waals surface area contributed by atoms with E-state index in [-0.39, 0.29) is 30.8 Å². The monoisotopic (exact) mass is 299 g/mol. The predicted octanol–water partition coefficient (Wildman–Crippen LogP) is 0.894. The van der Waals surface area contributed by atoms with Gasteiger partial charge in [0.1, 0.15) is 0 Å². The maximum Gasteiger partial charge on any atom is 0.324 e. The molecule has 1 heterocycles. The Kier molecular flexibility index (Phi) is 7.14. The van der Waals surface area contributed by atoms with Gasteiger partial charge in [-0.3, -0.25) is 14.9 Å². The van der Waals surface area contributed by atoms with Crippen LogP contribution in [0.5, 0.6) is 0 Å². The number of carbonyl (C=O) groups is 3. The summed E-state index contributed by atoms with van der Waals surface area (Å²) in [7, 11) is 3.76. The van der Waals surface area contributed by atoms with Crippen LogP contribution in [0, 0.1) is 0 Å². The Morgan fingerprint density at radius 1 is 1.19 bits per heavy atom. The van der Waals surface area contributed by atoms with Gasteiger partial charge < -0.3 is 14.9 Å². The van der Waals surface area contributed by atoms with Crippen molar-refractivity contribution in [3.05, 3.63) is 0 Å². The Morgan fingerprint density at radius 3 is 2.33 bits per heavy atom. The molecule has 0 aromatic heterocycles. The van der Waals surface area contributed by atoms with E-state index in [1.165, 1.54) is 0 Å². The van der Waals surface area contributed by atoms with Crippen molar-refractivity contribution in [2.45, 2.75) is 44.6 Å². The first kappa shape index (κ1) is 17.4. The Morgan fingerprint density at radius 2 is 1.76 bits per heavy atom. The molecule has 1 aliphatic rings. The maximum absolute atomic E-state index is 12.0. The number of rotatable bonds is 6. The molecule has 7 nitrogen and oxygen atoms in total. The Hall–Kier alpha value is -1.63. The molecule has 0 saturated carbocycles. The van der Waals surface area contributed by atoms with Crippen LogP contribution in [0.3, 0.4) is 0 Å². The highest BCUT2D eigenvalue weighted by Crippen LogP contribution is 2.14. The number of imide groups is 1. The fourth-order valence-corrected chi connectivity index (χ4v) is 2.38. The lowest BCUT2D eigenvalue weighted by molar-refractivity contribution is -0.137. The SMILES string of the molecule is CN1CCC(N(C)C(=O)NC(=O)CCCCC(=O)O)CC1. The molecule has 0 bridgehead atoms. The van der Waals surface area contributed by atoms with Gasteiger partial charge in [0, 0.05) is 25.9 Å². The van der Waals surface area contributed by atoms with E-state index in [4.69, 9.17) is 5.11 Å². The Bertz CT molecular complexity index is 378. The lowest BCUT2D eigenvalue weighted by Crippen LogP contribution is -2.49. The van der Waals surface area contributed by atoms with Crippen LogP contribution in [-0.4, -0.2) is 66.0 Å². The molecule has 0 aliphatic carbocycles. The van der Waals surface area contributed by atoms with E-state index in [0.29, 0.717) is 12.8 Å². The van der Waals surface area contributed by atoms with E-state index in [1.54, 1.807) is 11.9 Å². The number of hydrogen-bond donors (Lipinski definition) is 2. The van der Waals surface area contributed by atoms with Crippen molar-refractivity contribution in [2.24, 2.45) is 0 Å². The zero-order valence-electron chi connectivity index (χ0n) is 12.8. The van der Waals surface area contributed by atoms with Crippen molar-refractivity contribution >= 4 is 17.9 Å². The zero-order valence-corrected chi connectivity index (χ0v) is 12.8. The smallest absolute Gasteiger partial charge is 0.324 e. The van der Waals surface area contributed by atoms with Crippen molar-refractivity contribution in [1.82, 2.24) is 15.1 Å². The fourth-order valence-electron chi connectivity index (χ4n) is 2.38. The molecule has 0 aromatic rings. The molecule has 0 spiro atoms.